The first-order valence-electron chi connectivity index (χ1n) is 3.33. The molecule has 0 fully saturated rings. The molecule has 11 heavy (non-hydrogen) atoms. The van der Waals surface area contributed by atoms with Crippen molar-refractivity contribution in [2.45, 2.75) is 20.3 Å². The van der Waals surface area contributed by atoms with Crippen LogP contribution in [0.25, 0.3) is 0 Å². The van der Waals surface area contributed by atoms with Crippen LogP contribution in [0.2, 0.25) is 0 Å². The summed E-state index contributed by atoms with van der Waals surface area (Å²) in [5.74, 6) is 0.541. The quantitative estimate of drug-likeness (QED) is 0.382. The molecule has 2 nitrogen and oxygen atoms in total. The van der Waals surface area contributed by atoms with Crippen molar-refractivity contribution in [3.05, 3.63) is 21.0 Å². The molecular formula is C8H9IO2. The molecule has 0 spiro atoms. The van der Waals surface area contributed by atoms with Crippen LogP contribution >= 0.6 is 22.6 Å². The first kappa shape index (κ1) is 8.77. The second-order valence-electron chi connectivity index (χ2n) is 2.54. The molecule has 0 radical (unpaired) electrons. The Morgan fingerprint density at radius 2 is 2.18 bits per heavy atom. The van der Waals surface area contributed by atoms with Gasteiger partial charge in [0, 0.05) is 12.0 Å². The van der Waals surface area contributed by atoms with Crippen LogP contribution in [0.1, 0.15) is 20.3 Å². The minimum atomic E-state index is -0.206. The summed E-state index contributed by atoms with van der Waals surface area (Å²) in [4.78, 5) is 11.1. The Kier molecular flexibility index (Phi) is 2.70. The van der Waals surface area contributed by atoms with Gasteiger partial charge in [-0.15, -0.1) is 0 Å². The van der Waals surface area contributed by atoms with Gasteiger partial charge in [-0.2, -0.15) is 0 Å². The lowest BCUT2D eigenvalue weighted by Gasteiger charge is -2.15. The summed E-state index contributed by atoms with van der Waals surface area (Å²) >= 11 is 2.05. The molecule has 60 valence electrons. The zero-order valence-electron chi connectivity index (χ0n) is 6.48. The van der Waals surface area contributed by atoms with Gasteiger partial charge >= 0.3 is 5.97 Å². The maximum Gasteiger partial charge on any atom is 0.339 e. The second kappa shape index (κ2) is 3.38. The standard InChI is InChI=1S/C8H9IO2/c1-5-3-7(4-9)8(10)11-6(5)2/h4H,3H2,1-2H3/b7-4+. The number of halogens is 1. The number of cyclic esters (lactones) is 1. The van der Waals surface area contributed by atoms with Crippen molar-refractivity contribution < 1.29 is 9.53 Å². The minimum absolute atomic E-state index is 0.206. The maximum atomic E-state index is 11.1. The molecule has 0 aromatic carbocycles. The average molecular weight is 264 g/mol. The predicted octanol–water partition coefficient (Wildman–Crippen LogP) is 2.55. The first-order chi connectivity index (χ1) is 5.15. The lowest BCUT2D eigenvalue weighted by molar-refractivity contribution is -0.135. The van der Waals surface area contributed by atoms with Crippen LogP contribution in [-0.2, 0) is 9.53 Å². The van der Waals surface area contributed by atoms with Gasteiger partial charge in [-0.05, 0) is 23.5 Å². The zero-order chi connectivity index (χ0) is 8.43. The van der Waals surface area contributed by atoms with E-state index in [-0.39, 0.29) is 5.97 Å². The highest BCUT2D eigenvalue weighted by atomic mass is 127. The van der Waals surface area contributed by atoms with E-state index in [0.29, 0.717) is 0 Å². The number of hydrogen-bond acceptors (Lipinski definition) is 2. The Hall–Kier alpha value is -0.320. The summed E-state index contributed by atoms with van der Waals surface area (Å²) in [5.41, 5.74) is 1.88. The van der Waals surface area contributed by atoms with Gasteiger partial charge in [0.1, 0.15) is 5.76 Å². The molecule has 1 rings (SSSR count). The summed E-state index contributed by atoms with van der Waals surface area (Å²) in [6.07, 6.45) is 0.730. The number of ether oxygens (including phenoxy) is 1. The highest BCUT2D eigenvalue weighted by molar-refractivity contribution is 14.1. The molecule has 0 bridgehead atoms. The Balaban J connectivity index is 2.92. The number of rotatable bonds is 0. The summed E-state index contributed by atoms with van der Waals surface area (Å²) < 4.78 is 6.74. The molecule has 0 saturated heterocycles. The van der Waals surface area contributed by atoms with Crippen LogP contribution in [0.15, 0.2) is 21.0 Å². The minimum Gasteiger partial charge on any atom is -0.428 e. The number of allylic oxidation sites excluding steroid dienone is 2. The monoisotopic (exact) mass is 264 g/mol. The largest absolute Gasteiger partial charge is 0.428 e. The summed E-state index contributed by atoms with van der Waals surface area (Å²) in [6, 6.07) is 0. The molecule has 1 heterocycles. The van der Waals surface area contributed by atoms with Crippen LogP contribution in [0.4, 0.5) is 0 Å². The average Bonchev–Trinajstić information content (AvgIpc) is 1.97. The Bertz CT molecular complexity index is 251. The Labute approximate surface area is 79.4 Å². The number of carbonyl (C=O) groups is 1. The topological polar surface area (TPSA) is 26.3 Å². The zero-order valence-corrected chi connectivity index (χ0v) is 8.64. The van der Waals surface area contributed by atoms with Crippen molar-refractivity contribution in [2.24, 2.45) is 0 Å². The van der Waals surface area contributed by atoms with E-state index in [1.807, 2.05) is 13.8 Å². The summed E-state index contributed by atoms with van der Waals surface area (Å²) in [5, 5.41) is 0. The molecule has 0 aromatic heterocycles. The Morgan fingerprint density at radius 3 is 2.73 bits per heavy atom. The Morgan fingerprint density at radius 1 is 1.55 bits per heavy atom. The molecule has 0 atom stereocenters. The SMILES string of the molecule is CC1=C(C)OC(=O)/C(=C/I)C1. The van der Waals surface area contributed by atoms with Gasteiger partial charge in [-0.3, -0.25) is 0 Å². The van der Waals surface area contributed by atoms with Crippen LogP contribution in [-0.4, -0.2) is 5.97 Å². The lowest BCUT2D eigenvalue weighted by atomic mass is 10.1. The third-order valence-corrected chi connectivity index (χ3v) is 2.45. The van der Waals surface area contributed by atoms with E-state index >= 15 is 0 Å². The summed E-state index contributed by atoms with van der Waals surface area (Å²) in [7, 11) is 0. The predicted molar refractivity (Wildman–Crippen MR) is 51.2 cm³/mol. The molecule has 0 saturated carbocycles. The van der Waals surface area contributed by atoms with Gasteiger partial charge in [0.05, 0.1) is 0 Å². The molecule has 0 amide bonds. The first-order valence-corrected chi connectivity index (χ1v) is 4.57. The molecule has 1 aliphatic rings. The van der Waals surface area contributed by atoms with Crippen LogP contribution in [0.5, 0.6) is 0 Å². The molecule has 0 N–H and O–H groups in total. The molecule has 1 aliphatic heterocycles. The van der Waals surface area contributed by atoms with E-state index in [9.17, 15) is 4.79 Å². The van der Waals surface area contributed by atoms with Gasteiger partial charge in [-0.1, -0.05) is 22.6 Å². The van der Waals surface area contributed by atoms with Crippen LogP contribution in [0, 0.1) is 0 Å². The van der Waals surface area contributed by atoms with Gasteiger partial charge in [-0.25, -0.2) is 4.79 Å². The molecule has 0 aromatic rings. The smallest absolute Gasteiger partial charge is 0.339 e. The van der Waals surface area contributed by atoms with E-state index in [2.05, 4.69) is 22.6 Å². The summed E-state index contributed by atoms with van der Waals surface area (Å²) in [6.45, 7) is 3.79. The fraction of sp³-hybridized carbons (Fsp3) is 0.375. The molecule has 3 heteroatoms. The fourth-order valence-corrected chi connectivity index (χ4v) is 1.33. The second-order valence-corrected chi connectivity index (χ2v) is 3.16. The lowest BCUT2D eigenvalue weighted by Crippen LogP contribution is -2.13. The van der Waals surface area contributed by atoms with Crippen molar-refractivity contribution >= 4 is 28.6 Å². The van der Waals surface area contributed by atoms with Crippen LogP contribution < -0.4 is 0 Å². The maximum absolute atomic E-state index is 11.1. The van der Waals surface area contributed by atoms with Crippen molar-refractivity contribution in [2.75, 3.05) is 0 Å². The van der Waals surface area contributed by atoms with Gasteiger partial charge in [0.25, 0.3) is 0 Å². The number of carbonyl (C=O) groups excluding carboxylic acids is 1. The van der Waals surface area contributed by atoms with Gasteiger partial charge in [0.15, 0.2) is 0 Å². The van der Waals surface area contributed by atoms with Crippen molar-refractivity contribution in [1.29, 1.82) is 0 Å². The molecular weight excluding hydrogens is 255 g/mol. The van der Waals surface area contributed by atoms with E-state index in [4.69, 9.17) is 4.74 Å². The number of hydrogen-bond donors (Lipinski definition) is 0. The number of esters is 1. The van der Waals surface area contributed by atoms with E-state index in [1.54, 1.807) is 4.08 Å². The third-order valence-electron chi connectivity index (χ3n) is 1.70. The van der Waals surface area contributed by atoms with E-state index in [1.165, 1.54) is 0 Å². The van der Waals surface area contributed by atoms with E-state index in [0.717, 1.165) is 23.3 Å². The highest BCUT2D eigenvalue weighted by Gasteiger charge is 2.19. The molecule has 0 aliphatic carbocycles. The van der Waals surface area contributed by atoms with E-state index < -0.39 is 0 Å². The van der Waals surface area contributed by atoms with Gasteiger partial charge in [0.2, 0.25) is 0 Å². The third kappa shape index (κ3) is 1.83. The highest BCUT2D eigenvalue weighted by Crippen LogP contribution is 2.24. The van der Waals surface area contributed by atoms with Crippen molar-refractivity contribution in [3.8, 4) is 0 Å². The van der Waals surface area contributed by atoms with Crippen molar-refractivity contribution in [1.82, 2.24) is 0 Å². The van der Waals surface area contributed by atoms with Gasteiger partial charge < -0.3 is 4.74 Å². The normalized spacial score (nSPS) is 22.5. The van der Waals surface area contributed by atoms with Crippen molar-refractivity contribution in [3.63, 3.8) is 0 Å². The fourth-order valence-electron chi connectivity index (χ4n) is 0.857. The molecule has 0 unspecified atom stereocenters. The van der Waals surface area contributed by atoms with Crippen LogP contribution in [0.3, 0.4) is 0 Å².